The van der Waals surface area contributed by atoms with Crippen LogP contribution in [0.4, 0.5) is 5.82 Å². The van der Waals surface area contributed by atoms with Gasteiger partial charge in [-0.15, -0.1) is 0 Å². The molecule has 1 aliphatic heterocycles. The van der Waals surface area contributed by atoms with Gasteiger partial charge in [0.2, 0.25) is 0 Å². The molecule has 9 nitrogen and oxygen atoms in total. The van der Waals surface area contributed by atoms with Gasteiger partial charge < -0.3 is 14.4 Å². The lowest BCUT2D eigenvalue weighted by Gasteiger charge is -2.19. The number of halogens is 1. The first-order valence-electron chi connectivity index (χ1n) is 10.4. The standard InChI is InChI=1S/C22H24BrN5O4S/c23-18-3-1-2-15(8-18)11-28-7-6-17(12-28)21(29)20-10-25-14-26-22(20)27-19-5-4-16(9-19)13-32-33(24,30)31/h1-3,6-8,10,13-14,17,19H,4-5,9,11-12H2,(H2,24,30,31)(H,25,26,27)/b16-13+/t17?,19-/m0/s1. The zero-order chi connectivity index (χ0) is 23.4. The molecule has 1 aliphatic carbocycles. The molecule has 1 saturated carbocycles. The first kappa shape index (κ1) is 23.4. The van der Waals surface area contributed by atoms with Crippen LogP contribution in [0.15, 0.2) is 65.4 Å². The molecule has 0 saturated heterocycles. The molecule has 2 heterocycles. The Morgan fingerprint density at radius 1 is 1.39 bits per heavy atom. The van der Waals surface area contributed by atoms with Crippen LogP contribution >= 0.6 is 15.9 Å². The number of Topliss-reactive ketones (excluding diaryl/α,β-unsaturated/α-hetero) is 1. The SMILES string of the molecule is NS(=O)(=O)O/C=C1\CC[C@H](Nc2ncncc2C(=O)C2C=CN(Cc3cccc(Br)c3)C2)C1. The summed E-state index contributed by atoms with van der Waals surface area (Å²) in [6.45, 7) is 1.30. The molecule has 174 valence electrons. The second-order valence-corrected chi connectivity index (χ2v) is 10.2. The highest BCUT2D eigenvalue weighted by Crippen LogP contribution is 2.29. The Kier molecular flexibility index (Phi) is 7.11. The third kappa shape index (κ3) is 6.40. The van der Waals surface area contributed by atoms with E-state index in [9.17, 15) is 13.2 Å². The van der Waals surface area contributed by atoms with Gasteiger partial charge in [-0.1, -0.05) is 34.1 Å². The number of aromatic nitrogens is 2. The molecule has 33 heavy (non-hydrogen) atoms. The maximum atomic E-state index is 13.3. The smallest absolute Gasteiger partial charge is 0.379 e. The number of anilines is 1. The molecule has 0 bridgehead atoms. The predicted molar refractivity (Wildman–Crippen MR) is 127 cm³/mol. The van der Waals surface area contributed by atoms with Gasteiger partial charge in [-0.05, 0) is 48.7 Å². The number of ketones is 1. The first-order chi connectivity index (χ1) is 15.8. The van der Waals surface area contributed by atoms with E-state index in [-0.39, 0.29) is 17.7 Å². The molecule has 2 atom stereocenters. The van der Waals surface area contributed by atoms with Gasteiger partial charge in [-0.3, -0.25) is 4.79 Å². The fraction of sp³-hybridized carbons (Fsp3) is 0.318. The number of benzene rings is 1. The Morgan fingerprint density at radius 2 is 2.24 bits per heavy atom. The van der Waals surface area contributed by atoms with E-state index in [1.165, 1.54) is 18.8 Å². The van der Waals surface area contributed by atoms with Gasteiger partial charge >= 0.3 is 10.3 Å². The molecular weight excluding hydrogens is 510 g/mol. The van der Waals surface area contributed by atoms with Crippen molar-refractivity contribution in [2.24, 2.45) is 11.1 Å². The lowest BCUT2D eigenvalue weighted by molar-refractivity contribution is 0.0937. The van der Waals surface area contributed by atoms with Gasteiger partial charge in [-0.25, -0.2) is 9.97 Å². The molecule has 0 radical (unpaired) electrons. The van der Waals surface area contributed by atoms with Crippen LogP contribution < -0.4 is 10.5 Å². The quantitative estimate of drug-likeness (QED) is 0.391. The van der Waals surface area contributed by atoms with E-state index < -0.39 is 10.3 Å². The largest absolute Gasteiger partial charge is 0.379 e. The topological polar surface area (TPSA) is 128 Å². The van der Waals surface area contributed by atoms with Gasteiger partial charge in [0.1, 0.15) is 18.4 Å². The number of carbonyl (C=O) groups is 1. The lowest BCUT2D eigenvalue weighted by atomic mass is 10.00. The van der Waals surface area contributed by atoms with Crippen LogP contribution in [-0.4, -0.2) is 41.7 Å². The van der Waals surface area contributed by atoms with Crippen molar-refractivity contribution in [2.45, 2.75) is 31.8 Å². The molecule has 1 unspecified atom stereocenters. The van der Waals surface area contributed by atoms with Crippen LogP contribution in [0.3, 0.4) is 0 Å². The lowest BCUT2D eigenvalue weighted by Crippen LogP contribution is -2.25. The second-order valence-electron chi connectivity index (χ2n) is 8.11. The predicted octanol–water partition coefficient (Wildman–Crippen LogP) is 3.14. The average Bonchev–Trinajstić information content (AvgIpc) is 3.41. The van der Waals surface area contributed by atoms with E-state index in [1.807, 2.05) is 24.4 Å². The fourth-order valence-electron chi connectivity index (χ4n) is 4.02. The third-order valence-electron chi connectivity index (χ3n) is 5.56. The minimum atomic E-state index is -4.02. The maximum absolute atomic E-state index is 13.3. The first-order valence-corrected chi connectivity index (χ1v) is 12.7. The second kappa shape index (κ2) is 10.0. The average molecular weight is 534 g/mol. The van der Waals surface area contributed by atoms with Crippen molar-refractivity contribution in [3.8, 4) is 0 Å². The van der Waals surface area contributed by atoms with Gasteiger partial charge in [0.05, 0.1) is 11.5 Å². The van der Waals surface area contributed by atoms with Crippen LogP contribution in [0.1, 0.15) is 35.2 Å². The van der Waals surface area contributed by atoms with Crippen molar-refractivity contribution in [3.05, 3.63) is 76.5 Å². The highest BCUT2D eigenvalue weighted by molar-refractivity contribution is 9.10. The summed E-state index contributed by atoms with van der Waals surface area (Å²) in [5, 5.41) is 8.17. The maximum Gasteiger partial charge on any atom is 0.379 e. The number of nitrogens with one attached hydrogen (secondary N) is 1. The van der Waals surface area contributed by atoms with Crippen LogP contribution in [-0.2, 0) is 21.0 Å². The summed E-state index contributed by atoms with van der Waals surface area (Å²) in [4.78, 5) is 23.7. The zero-order valence-electron chi connectivity index (χ0n) is 17.7. The highest BCUT2D eigenvalue weighted by atomic mass is 79.9. The minimum absolute atomic E-state index is 0.00563. The number of hydrogen-bond acceptors (Lipinski definition) is 8. The molecule has 4 rings (SSSR count). The van der Waals surface area contributed by atoms with Crippen molar-refractivity contribution in [3.63, 3.8) is 0 Å². The van der Waals surface area contributed by atoms with Gasteiger partial charge in [0.25, 0.3) is 0 Å². The monoisotopic (exact) mass is 533 g/mol. The van der Waals surface area contributed by atoms with E-state index in [1.54, 1.807) is 0 Å². The molecule has 1 aromatic carbocycles. The zero-order valence-corrected chi connectivity index (χ0v) is 20.1. The number of hydrogen-bond donors (Lipinski definition) is 2. The summed E-state index contributed by atoms with van der Waals surface area (Å²) >= 11 is 3.49. The van der Waals surface area contributed by atoms with Gasteiger partial charge in [0, 0.05) is 29.8 Å². The normalized spacial score (nSPS) is 21.5. The Hall–Kier alpha value is -2.76. The summed E-state index contributed by atoms with van der Waals surface area (Å²) in [6.07, 6.45) is 9.98. The van der Waals surface area contributed by atoms with E-state index >= 15 is 0 Å². The molecule has 0 amide bonds. The molecule has 0 spiro atoms. The van der Waals surface area contributed by atoms with Crippen LogP contribution in [0, 0.1) is 5.92 Å². The Balaban J connectivity index is 1.38. The van der Waals surface area contributed by atoms with Crippen molar-refractivity contribution >= 4 is 37.8 Å². The Labute approximate surface area is 201 Å². The number of carbonyl (C=O) groups excluding carboxylic acids is 1. The Bertz CT molecular complexity index is 1200. The number of rotatable bonds is 8. The van der Waals surface area contributed by atoms with Crippen LogP contribution in [0.2, 0.25) is 0 Å². The summed E-state index contributed by atoms with van der Waals surface area (Å²) in [7, 11) is -4.02. The van der Waals surface area contributed by atoms with Crippen molar-refractivity contribution in [1.82, 2.24) is 14.9 Å². The summed E-state index contributed by atoms with van der Waals surface area (Å²) in [6, 6.07) is 8.09. The van der Waals surface area contributed by atoms with Gasteiger partial charge in [-0.2, -0.15) is 13.6 Å². The Morgan fingerprint density at radius 3 is 3.03 bits per heavy atom. The summed E-state index contributed by atoms with van der Waals surface area (Å²) in [5.74, 6) is 0.149. The van der Waals surface area contributed by atoms with E-state index in [2.05, 4.69) is 52.4 Å². The summed E-state index contributed by atoms with van der Waals surface area (Å²) < 4.78 is 27.5. The van der Waals surface area contributed by atoms with E-state index in [4.69, 9.17) is 5.14 Å². The fourth-order valence-corrected chi connectivity index (χ4v) is 4.74. The van der Waals surface area contributed by atoms with Crippen molar-refractivity contribution < 1.29 is 17.4 Å². The van der Waals surface area contributed by atoms with E-state index in [0.717, 1.165) is 22.0 Å². The molecular formula is C22H24BrN5O4S. The number of nitrogens with zero attached hydrogens (tertiary/aromatic N) is 3. The van der Waals surface area contributed by atoms with Crippen molar-refractivity contribution in [2.75, 3.05) is 11.9 Å². The molecule has 1 aromatic heterocycles. The molecule has 2 aromatic rings. The van der Waals surface area contributed by atoms with E-state index in [0.29, 0.717) is 37.3 Å². The van der Waals surface area contributed by atoms with Gasteiger partial charge in [0.15, 0.2) is 5.78 Å². The van der Waals surface area contributed by atoms with Crippen LogP contribution in [0.25, 0.3) is 0 Å². The van der Waals surface area contributed by atoms with Crippen LogP contribution in [0.5, 0.6) is 0 Å². The molecule has 1 fully saturated rings. The molecule has 11 heteroatoms. The molecule has 2 aliphatic rings. The third-order valence-corrected chi connectivity index (χ3v) is 6.42. The summed E-state index contributed by atoms with van der Waals surface area (Å²) in [5.41, 5.74) is 2.42. The molecule has 3 N–H and O–H groups in total. The van der Waals surface area contributed by atoms with Crippen molar-refractivity contribution in [1.29, 1.82) is 0 Å². The highest BCUT2D eigenvalue weighted by Gasteiger charge is 2.28. The number of nitrogens with two attached hydrogens (primary N) is 1. The minimum Gasteiger partial charge on any atom is -0.379 e.